The molecular formula is C8H15NO3. The average Bonchev–Trinajstić information content (AvgIpc) is 2.11. The predicted octanol–water partition coefficient (Wildman–Crippen LogP) is 0.766. The topological polar surface area (TPSA) is 66.4 Å². The molecule has 70 valence electrons. The molecular weight excluding hydrogens is 158 g/mol. The Morgan fingerprint density at radius 2 is 2.33 bits per heavy atom. The molecule has 2 N–H and O–H groups in total. The molecule has 0 aromatic heterocycles. The number of carbonyl (C=O) groups is 2. The van der Waals surface area contributed by atoms with Crippen LogP contribution in [0.25, 0.3) is 0 Å². The largest absolute Gasteiger partial charge is 0.480 e. The molecule has 1 atom stereocenters. The van der Waals surface area contributed by atoms with E-state index in [1.54, 1.807) is 0 Å². The molecule has 0 aromatic carbocycles. The summed E-state index contributed by atoms with van der Waals surface area (Å²) in [5.74, 6) is -1.57. The van der Waals surface area contributed by atoms with E-state index in [1.165, 1.54) is 0 Å². The highest BCUT2D eigenvalue weighted by Crippen LogP contribution is 2.00. The van der Waals surface area contributed by atoms with Gasteiger partial charge in [0, 0.05) is 8.27 Å². The molecule has 0 saturated heterocycles. The van der Waals surface area contributed by atoms with E-state index < -0.39 is 24.8 Å². The first kappa shape index (κ1) is 9.03. The predicted molar refractivity (Wildman–Crippen MR) is 44.8 cm³/mol. The summed E-state index contributed by atoms with van der Waals surface area (Å²) in [4.78, 5) is 21.3. The number of aliphatic carboxylic acids is 1. The summed E-state index contributed by atoms with van der Waals surface area (Å²) in [6.07, 6.45) is 2.08. The van der Waals surface area contributed by atoms with E-state index >= 15 is 0 Å². The number of carboxylic acid groups (broad SMARTS) is 1. The summed E-state index contributed by atoms with van der Waals surface area (Å²) >= 11 is 0. The lowest BCUT2D eigenvalue weighted by Crippen LogP contribution is -2.39. The van der Waals surface area contributed by atoms with E-state index in [1.807, 2.05) is 6.92 Å². The number of rotatable bonds is 5. The number of unbranched alkanes of at least 4 members (excludes halogenated alkanes) is 1. The fraction of sp³-hybridized carbons (Fsp3) is 0.750. The van der Waals surface area contributed by atoms with Gasteiger partial charge in [0.1, 0.15) is 6.04 Å². The molecule has 4 heteroatoms. The Morgan fingerprint density at radius 1 is 1.67 bits per heavy atom. The minimum atomic E-state index is -1.03. The zero-order valence-corrected chi connectivity index (χ0v) is 7.17. The Kier molecular flexibility index (Phi) is 4.19. The van der Waals surface area contributed by atoms with Gasteiger partial charge in [-0.1, -0.05) is 19.8 Å². The lowest BCUT2D eigenvalue weighted by atomic mass is 10.1. The van der Waals surface area contributed by atoms with Crippen LogP contribution >= 0.6 is 0 Å². The van der Waals surface area contributed by atoms with Crippen molar-refractivity contribution in [2.24, 2.45) is 0 Å². The van der Waals surface area contributed by atoms with Crippen molar-refractivity contribution in [1.29, 1.82) is 0 Å². The molecule has 0 aliphatic carbocycles. The van der Waals surface area contributed by atoms with Gasteiger partial charge in [0.15, 0.2) is 0 Å². The Bertz CT molecular complexity index is 184. The molecule has 0 unspecified atom stereocenters. The van der Waals surface area contributed by atoms with Gasteiger partial charge in [-0.2, -0.15) is 0 Å². The fourth-order valence-corrected chi connectivity index (χ4v) is 0.860. The van der Waals surface area contributed by atoms with Gasteiger partial charge in [0.05, 0.1) is 0 Å². The van der Waals surface area contributed by atoms with Gasteiger partial charge in [-0.15, -0.1) is 0 Å². The number of carboxylic acids is 1. The van der Waals surface area contributed by atoms with Gasteiger partial charge >= 0.3 is 5.97 Å². The van der Waals surface area contributed by atoms with E-state index in [9.17, 15) is 9.59 Å². The quantitative estimate of drug-likeness (QED) is 0.646. The molecule has 0 fully saturated rings. The third-order valence-corrected chi connectivity index (χ3v) is 1.48. The van der Waals surface area contributed by atoms with Crippen LogP contribution in [0.1, 0.15) is 34.5 Å². The zero-order chi connectivity index (χ0) is 10.3. The summed E-state index contributed by atoms with van der Waals surface area (Å²) in [5.41, 5.74) is 0. The van der Waals surface area contributed by atoms with Gasteiger partial charge in [0.25, 0.3) is 0 Å². The van der Waals surface area contributed by atoms with Gasteiger partial charge in [-0.3, -0.25) is 4.79 Å². The molecule has 4 nitrogen and oxygen atoms in total. The molecule has 0 aliphatic heterocycles. The van der Waals surface area contributed by atoms with Crippen LogP contribution in [0.2, 0.25) is 0 Å². The van der Waals surface area contributed by atoms with Gasteiger partial charge in [0.2, 0.25) is 5.91 Å². The van der Waals surface area contributed by atoms with E-state index in [4.69, 9.17) is 6.48 Å². The molecule has 0 rings (SSSR count). The van der Waals surface area contributed by atoms with Crippen molar-refractivity contribution in [2.75, 3.05) is 0 Å². The minimum Gasteiger partial charge on any atom is -0.480 e. The second-order valence-corrected chi connectivity index (χ2v) is 2.60. The highest BCUT2D eigenvalue weighted by molar-refractivity contribution is 5.81. The summed E-state index contributed by atoms with van der Waals surface area (Å²) in [5, 5.41) is 10.9. The molecule has 0 bridgehead atoms. The average molecular weight is 174 g/mol. The summed E-state index contributed by atoms with van der Waals surface area (Å²) in [7, 11) is 0. The number of carbonyl (C=O) groups excluding carboxylic acids is 1. The molecule has 0 aliphatic rings. The first-order chi connectivity index (χ1) is 6.11. The minimum absolute atomic E-state index is 0.421. The summed E-state index contributed by atoms with van der Waals surface area (Å²) < 4.78 is 6.72. The summed E-state index contributed by atoms with van der Waals surface area (Å²) in [6, 6.07) is -0.835. The van der Waals surface area contributed by atoms with E-state index in [2.05, 4.69) is 5.32 Å². The van der Waals surface area contributed by atoms with E-state index in [-0.39, 0.29) is 0 Å². The van der Waals surface area contributed by atoms with Crippen LogP contribution in [0.5, 0.6) is 0 Å². The Labute approximate surface area is 73.4 Å². The zero-order valence-electron chi connectivity index (χ0n) is 8.17. The van der Waals surface area contributed by atoms with Crippen molar-refractivity contribution in [3.8, 4) is 0 Å². The molecule has 0 radical (unpaired) electrons. The maximum absolute atomic E-state index is 10.7. The molecule has 0 heterocycles. The smallest absolute Gasteiger partial charge is 0.326 e. The Hall–Kier alpha value is -1.06. The van der Waals surface area contributed by atoms with Crippen molar-refractivity contribution in [3.63, 3.8) is 0 Å². The second kappa shape index (κ2) is 5.57. The Morgan fingerprint density at radius 3 is 2.75 bits per heavy atom. The van der Waals surface area contributed by atoms with Crippen LogP contribution in [0.15, 0.2) is 0 Å². The third-order valence-electron chi connectivity index (χ3n) is 1.48. The molecule has 0 aromatic rings. The van der Waals surface area contributed by atoms with E-state index in [0.717, 1.165) is 12.8 Å². The number of nitrogens with one attached hydrogen (secondary N) is 1. The first-order valence-electron chi connectivity index (χ1n) is 4.64. The lowest BCUT2D eigenvalue weighted by Gasteiger charge is -2.11. The fourth-order valence-electron chi connectivity index (χ4n) is 0.860. The normalized spacial score (nSPS) is 13.2. The number of amides is 1. The molecule has 0 saturated carbocycles. The number of hydrogen-bond donors (Lipinski definition) is 2. The Balaban J connectivity index is 3.94. The van der Waals surface area contributed by atoms with Crippen molar-refractivity contribution >= 4 is 11.9 Å². The standard InChI is InChI=1S/C8H15NO3/c1-3-4-5-7(8(11)12)9-6(2)10/h7H,3-5H2,1-2H3,(H,9,10)(H,11,12)/t7-/m0/s1/i2D. The van der Waals surface area contributed by atoms with Crippen molar-refractivity contribution in [3.05, 3.63) is 0 Å². The molecule has 0 spiro atoms. The van der Waals surface area contributed by atoms with Crippen LogP contribution in [-0.2, 0) is 9.59 Å². The van der Waals surface area contributed by atoms with Crippen LogP contribution < -0.4 is 5.32 Å². The van der Waals surface area contributed by atoms with Crippen LogP contribution in [0.4, 0.5) is 0 Å². The van der Waals surface area contributed by atoms with Crippen molar-refractivity contribution in [1.82, 2.24) is 5.32 Å². The van der Waals surface area contributed by atoms with Gasteiger partial charge in [-0.25, -0.2) is 4.79 Å². The van der Waals surface area contributed by atoms with Gasteiger partial charge < -0.3 is 10.4 Å². The van der Waals surface area contributed by atoms with Crippen molar-refractivity contribution in [2.45, 2.75) is 39.1 Å². The van der Waals surface area contributed by atoms with Crippen LogP contribution in [0.3, 0.4) is 0 Å². The highest BCUT2D eigenvalue weighted by Gasteiger charge is 2.16. The van der Waals surface area contributed by atoms with Crippen LogP contribution in [-0.4, -0.2) is 23.0 Å². The van der Waals surface area contributed by atoms with Crippen LogP contribution in [0, 0.1) is 0 Å². The third kappa shape index (κ3) is 4.71. The SMILES string of the molecule is [2H]CC(=O)N[C@@H](CCCC)C(=O)O. The summed E-state index contributed by atoms with van der Waals surface area (Å²) in [6.45, 7) is 1.53. The van der Waals surface area contributed by atoms with E-state index in [0.29, 0.717) is 6.42 Å². The van der Waals surface area contributed by atoms with Crippen molar-refractivity contribution < 1.29 is 16.1 Å². The maximum atomic E-state index is 10.7. The van der Waals surface area contributed by atoms with Gasteiger partial charge in [-0.05, 0) is 6.42 Å². The monoisotopic (exact) mass is 174 g/mol. The first-order valence-corrected chi connectivity index (χ1v) is 3.93. The molecule has 12 heavy (non-hydrogen) atoms. The lowest BCUT2D eigenvalue weighted by molar-refractivity contribution is -0.141. The molecule has 1 amide bonds. The highest BCUT2D eigenvalue weighted by atomic mass is 16.4. The second-order valence-electron chi connectivity index (χ2n) is 2.60. The maximum Gasteiger partial charge on any atom is 0.326 e. The number of hydrogen-bond acceptors (Lipinski definition) is 2.